The lowest BCUT2D eigenvalue weighted by molar-refractivity contribution is 0.481. The second-order valence-electron chi connectivity index (χ2n) is 7.34. The van der Waals surface area contributed by atoms with Gasteiger partial charge in [-0.2, -0.15) is 5.10 Å². The number of hydrogen-bond acceptors (Lipinski definition) is 5. The zero-order valence-corrected chi connectivity index (χ0v) is 13.7. The maximum atomic E-state index is 5.09. The van der Waals surface area contributed by atoms with Gasteiger partial charge in [-0.1, -0.05) is 12.8 Å². The molecule has 0 radical (unpaired) electrons. The first kappa shape index (κ1) is 13.7. The second kappa shape index (κ2) is 5.16. The van der Waals surface area contributed by atoms with Crippen LogP contribution in [0.1, 0.15) is 50.3 Å². The SMILES string of the molecule is Cn1ncc2c(N3[C@@H]4CC[C@H]3CNC4)nc(C3CCCC3)nc21. The van der Waals surface area contributed by atoms with E-state index in [-0.39, 0.29) is 0 Å². The molecule has 3 fully saturated rings. The van der Waals surface area contributed by atoms with E-state index in [0.717, 1.165) is 35.8 Å². The molecule has 2 aromatic heterocycles. The molecule has 0 spiro atoms. The predicted molar refractivity (Wildman–Crippen MR) is 89.7 cm³/mol. The number of nitrogens with zero attached hydrogens (tertiary/aromatic N) is 5. The van der Waals surface area contributed by atoms with Crippen molar-refractivity contribution in [1.29, 1.82) is 0 Å². The quantitative estimate of drug-likeness (QED) is 0.918. The fourth-order valence-corrected chi connectivity index (χ4v) is 4.71. The smallest absolute Gasteiger partial charge is 0.163 e. The number of anilines is 1. The van der Waals surface area contributed by atoms with Crippen LogP contribution in [0.3, 0.4) is 0 Å². The molecule has 2 aliphatic heterocycles. The molecule has 1 aliphatic carbocycles. The molecule has 2 aromatic rings. The molecule has 0 amide bonds. The topological polar surface area (TPSA) is 58.9 Å². The van der Waals surface area contributed by atoms with Crippen LogP contribution in [0.15, 0.2) is 6.20 Å². The number of aromatic nitrogens is 4. The van der Waals surface area contributed by atoms with E-state index in [4.69, 9.17) is 9.97 Å². The van der Waals surface area contributed by atoms with Gasteiger partial charge in [0.1, 0.15) is 11.6 Å². The van der Waals surface area contributed by atoms with Gasteiger partial charge < -0.3 is 10.2 Å². The van der Waals surface area contributed by atoms with Crippen LogP contribution >= 0.6 is 0 Å². The van der Waals surface area contributed by atoms with Crippen LogP contribution in [-0.4, -0.2) is 44.9 Å². The Morgan fingerprint density at radius 1 is 1.04 bits per heavy atom. The van der Waals surface area contributed by atoms with E-state index < -0.39 is 0 Å². The maximum absolute atomic E-state index is 5.09. The van der Waals surface area contributed by atoms with Crippen molar-refractivity contribution >= 4 is 16.9 Å². The molecule has 5 rings (SSSR count). The summed E-state index contributed by atoms with van der Waals surface area (Å²) in [7, 11) is 1.99. The lowest BCUT2D eigenvalue weighted by atomic mass is 10.1. The average Bonchev–Trinajstić information content (AvgIpc) is 3.27. The summed E-state index contributed by atoms with van der Waals surface area (Å²) in [6, 6.07) is 1.15. The predicted octanol–water partition coefficient (Wildman–Crippen LogP) is 1.96. The fraction of sp³-hybridized carbons (Fsp3) is 0.706. The summed E-state index contributed by atoms with van der Waals surface area (Å²) >= 11 is 0. The fourth-order valence-electron chi connectivity index (χ4n) is 4.71. The molecule has 122 valence electrons. The first-order valence-electron chi connectivity index (χ1n) is 9.00. The molecular formula is C17H24N6. The highest BCUT2D eigenvalue weighted by Gasteiger charge is 2.39. The largest absolute Gasteiger partial charge is 0.347 e. The molecule has 0 aromatic carbocycles. The van der Waals surface area contributed by atoms with Gasteiger partial charge in [-0.25, -0.2) is 9.97 Å². The van der Waals surface area contributed by atoms with Crippen molar-refractivity contribution in [3.8, 4) is 0 Å². The van der Waals surface area contributed by atoms with Crippen LogP contribution in [0.2, 0.25) is 0 Å². The van der Waals surface area contributed by atoms with E-state index in [9.17, 15) is 0 Å². The van der Waals surface area contributed by atoms with Crippen molar-refractivity contribution in [2.45, 2.75) is 56.5 Å². The van der Waals surface area contributed by atoms with Crippen LogP contribution in [0, 0.1) is 0 Å². The van der Waals surface area contributed by atoms with Crippen LogP contribution in [0.25, 0.3) is 11.0 Å². The summed E-state index contributed by atoms with van der Waals surface area (Å²) in [5.74, 6) is 2.72. The Labute approximate surface area is 136 Å². The monoisotopic (exact) mass is 312 g/mol. The third kappa shape index (κ3) is 2.07. The summed E-state index contributed by atoms with van der Waals surface area (Å²) < 4.78 is 1.91. The highest BCUT2D eigenvalue weighted by molar-refractivity contribution is 5.87. The molecular weight excluding hydrogens is 288 g/mol. The number of piperazine rings is 1. The van der Waals surface area contributed by atoms with Crippen LogP contribution in [-0.2, 0) is 7.05 Å². The number of aryl methyl sites for hydroxylation is 1. The first-order valence-corrected chi connectivity index (χ1v) is 9.00. The summed E-state index contributed by atoms with van der Waals surface area (Å²) in [5.41, 5.74) is 0.995. The first-order chi connectivity index (χ1) is 11.3. The minimum absolute atomic E-state index is 0.536. The Hall–Kier alpha value is -1.69. The van der Waals surface area contributed by atoms with Gasteiger partial charge in [0.25, 0.3) is 0 Å². The van der Waals surface area contributed by atoms with Crippen LogP contribution in [0.4, 0.5) is 5.82 Å². The van der Waals surface area contributed by atoms with E-state index >= 15 is 0 Å². The number of nitrogens with one attached hydrogen (secondary N) is 1. The molecule has 1 saturated carbocycles. The molecule has 2 bridgehead atoms. The van der Waals surface area contributed by atoms with E-state index in [1.807, 2.05) is 17.9 Å². The van der Waals surface area contributed by atoms with Gasteiger partial charge in [0, 0.05) is 38.1 Å². The van der Waals surface area contributed by atoms with Gasteiger partial charge >= 0.3 is 0 Å². The van der Waals surface area contributed by atoms with Gasteiger partial charge in [-0.3, -0.25) is 4.68 Å². The Bertz CT molecular complexity index is 716. The lowest BCUT2D eigenvalue weighted by Crippen LogP contribution is -2.52. The van der Waals surface area contributed by atoms with Gasteiger partial charge in [-0.15, -0.1) is 0 Å². The molecule has 0 unspecified atom stereocenters. The summed E-state index contributed by atoms with van der Waals surface area (Å²) in [6.45, 7) is 2.14. The molecule has 3 aliphatic rings. The van der Waals surface area contributed by atoms with Crippen molar-refractivity contribution in [2.75, 3.05) is 18.0 Å². The van der Waals surface area contributed by atoms with Crippen molar-refractivity contribution in [3.05, 3.63) is 12.0 Å². The molecule has 2 saturated heterocycles. The van der Waals surface area contributed by atoms with Crippen molar-refractivity contribution in [2.24, 2.45) is 7.05 Å². The molecule has 23 heavy (non-hydrogen) atoms. The molecule has 6 heteroatoms. The van der Waals surface area contributed by atoms with Gasteiger partial charge in [0.05, 0.1) is 11.6 Å². The van der Waals surface area contributed by atoms with E-state index in [0.29, 0.717) is 18.0 Å². The Balaban J connectivity index is 1.66. The van der Waals surface area contributed by atoms with E-state index in [2.05, 4.69) is 15.3 Å². The minimum Gasteiger partial charge on any atom is -0.347 e. The van der Waals surface area contributed by atoms with Gasteiger partial charge in [0.2, 0.25) is 0 Å². The Morgan fingerprint density at radius 3 is 2.52 bits per heavy atom. The molecule has 1 N–H and O–H groups in total. The average molecular weight is 312 g/mol. The van der Waals surface area contributed by atoms with Crippen molar-refractivity contribution in [1.82, 2.24) is 25.1 Å². The second-order valence-corrected chi connectivity index (χ2v) is 7.34. The van der Waals surface area contributed by atoms with Crippen molar-refractivity contribution < 1.29 is 0 Å². The number of fused-ring (bicyclic) bond motifs is 3. The van der Waals surface area contributed by atoms with Crippen LogP contribution < -0.4 is 10.2 Å². The maximum Gasteiger partial charge on any atom is 0.163 e. The minimum atomic E-state index is 0.536. The normalized spacial score (nSPS) is 28.1. The summed E-state index contributed by atoms with van der Waals surface area (Å²) in [4.78, 5) is 12.6. The lowest BCUT2D eigenvalue weighted by Gasteiger charge is -2.36. The molecule has 4 heterocycles. The summed E-state index contributed by atoms with van der Waals surface area (Å²) in [6.07, 6.45) is 9.57. The highest BCUT2D eigenvalue weighted by Crippen LogP contribution is 2.38. The number of rotatable bonds is 2. The summed E-state index contributed by atoms with van der Waals surface area (Å²) in [5, 5.41) is 9.14. The van der Waals surface area contributed by atoms with E-state index in [1.54, 1.807) is 0 Å². The zero-order valence-electron chi connectivity index (χ0n) is 13.7. The number of hydrogen-bond donors (Lipinski definition) is 1. The zero-order chi connectivity index (χ0) is 15.4. The standard InChI is InChI=1S/C17H24N6/c1-22-16-14(10-19-22)17(21-15(20-16)11-4-2-3-5-11)23-12-6-7-13(23)9-18-8-12/h10-13,18H,2-9H2,1H3/t12-,13+. The molecule has 6 nitrogen and oxygen atoms in total. The van der Waals surface area contributed by atoms with Gasteiger partial charge in [0.15, 0.2) is 5.65 Å². The van der Waals surface area contributed by atoms with Gasteiger partial charge in [-0.05, 0) is 25.7 Å². The third-order valence-corrected chi connectivity index (χ3v) is 5.93. The highest BCUT2D eigenvalue weighted by atomic mass is 15.3. The van der Waals surface area contributed by atoms with E-state index in [1.165, 1.54) is 38.5 Å². The third-order valence-electron chi connectivity index (χ3n) is 5.93. The van der Waals surface area contributed by atoms with Crippen LogP contribution in [0.5, 0.6) is 0 Å². The van der Waals surface area contributed by atoms with Crippen molar-refractivity contribution in [3.63, 3.8) is 0 Å². The molecule has 2 atom stereocenters. The Kier molecular flexibility index (Phi) is 3.08. The Morgan fingerprint density at radius 2 is 1.78 bits per heavy atom.